The van der Waals surface area contributed by atoms with Crippen molar-refractivity contribution >= 4 is 11.9 Å². The van der Waals surface area contributed by atoms with Crippen molar-refractivity contribution in [1.82, 2.24) is 15.3 Å². The Morgan fingerprint density at radius 1 is 1.26 bits per heavy atom. The maximum absolute atomic E-state index is 13.6. The molecule has 0 saturated heterocycles. The molecule has 1 aromatic carbocycles. The first-order valence-electron chi connectivity index (χ1n) is 7.31. The van der Waals surface area contributed by atoms with Crippen molar-refractivity contribution < 1.29 is 13.6 Å². The van der Waals surface area contributed by atoms with E-state index < -0.39 is 17.7 Å². The van der Waals surface area contributed by atoms with E-state index in [1.54, 1.807) is 25.4 Å². The summed E-state index contributed by atoms with van der Waals surface area (Å²) in [5, 5.41) is 5.69. The summed E-state index contributed by atoms with van der Waals surface area (Å²) in [7, 11) is 0. The highest BCUT2D eigenvalue weighted by atomic mass is 19.1. The maximum Gasteiger partial charge on any atom is 0.222 e. The average molecular weight is 320 g/mol. The number of amides is 1. The summed E-state index contributed by atoms with van der Waals surface area (Å²) in [4.78, 5) is 19.9. The van der Waals surface area contributed by atoms with Crippen LogP contribution < -0.4 is 10.6 Å². The van der Waals surface area contributed by atoms with E-state index in [0.717, 1.165) is 6.07 Å². The molecular weight excluding hydrogens is 302 g/mol. The van der Waals surface area contributed by atoms with E-state index in [0.29, 0.717) is 18.9 Å². The number of nitrogens with one attached hydrogen (secondary N) is 2. The van der Waals surface area contributed by atoms with E-state index in [4.69, 9.17) is 0 Å². The average Bonchev–Trinajstić information content (AvgIpc) is 2.52. The van der Waals surface area contributed by atoms with Gasteiger partial charge in [-0.05, 0) is 25.5 Å². The molecule has 2 rings (SSSR count). The van der Waals surface area contributed by atoms with Gasteiger partial charge in [0.1, 0.15) is 11.6 Å². The second kappa shape index (κ2) is 8.17. The molecule has 0 aliphatic rings. The van der Waals surface area contributed by atoms with Crippen LogP contribution in [0.15, 0.2) is 36.7 Å². The molecular formula is C16H18F2N4O. The van der Waals surface area contributed by atoms with Crippen LogP contribution in [0.25, 0.3) is 0 Å². The summed E-state index contributed by atoms with van der Waals surface area (Å²) in [5.41, 5.74) is 0.260. The van der Waals surface area contributed by atoms with Gasteiger partial charge in [0.05, 0.1) is 6.04 Å². The van der Waals surface area contributed by atoms with Gasteiger partial charge in [-0.1, -0.05) is 6.07 Å². The normalized spacial score (nSPS) is 11.8. The van der Waals surface area contributed by atoms with Crippen molar-refractivity contribution in [1.29, 1.82) is 0 Å². The number of anilines is 1. The summed E-state index contributed by atoms with van der Waals surface area (Å²) in [6.45, 7) is 2.21. The number of hydrogen-bond acceptors (Lipinski definition) is 4. The molecule has 122 valence electrons. The van der Waals surface area contributed by atoms with Crippen LogP contribution in [0.3, 0.4) is 0 Å². The Hall–Kier alpha value is -2.57. The van der Waals surface area contributed by atoms with Crippen LogP contribution in [0.1, 0.15) is 31.4 Å². The Labute approximate surface area is 133 Å². The predicted octanol–water partition coefficient (Wildman–Crippen LogP) is 2.82. The molecule has 1 atom stereocenters. The Bertz CT molecular complexity index is 652. The van der Waals surface area contributed by atoms with Gasteiger partial charge >= 0.3 is 0 Å². The van der Waals surface area contributed by atoms with Crippen LogP contribution in [-0.2, 0) is 4.79 Å². The predicted molar refractivity (Wildman–Crippen MR) is 82.7 cm³/mol. The maximum atomic E-state index is 13.6. The number of carbonyl (C=O) groups excluding carboxylic acids is 1. The zero-order chi connectivity index (χ0) is 16.7. The SMILES string of the molecule is C[C@@H](NC(=O)CCCNc1ncccn1)c1ccc(F)cc1F. The van der Waals surface area contributed by atoms with Crippen molar-refractivity contribution in [2.24, 2.45) is 0 Å². The third kappa shape index (κ3) is 5.28. The van der Waals surface area contributed by atoms with Gasteiger partial charge in [0.25, 0.3) is 0 Å². The molecule has 0 bridgehead atoms. The second-order valence-electron chi connectivity index (χ2n) is 5.06. The Balaban J connectivity index is 1.74. The van der Waals surface area contributed by atoms with Crippen LogP contribution in [0.2, 0.25) is 0 Å². The molecule has 2 N–H and O–H groups in total. The highest BCUT2D eigenvalue weighted by Gasteiger charge is 2.14. The second-order valence-corrected chi connectivity index (χ2v) is 5.06. The first kappa shape index (κ1) is 16.8. The lowest BCUT2D eigenvalue weighted by Crippen LogP contribution is -2.27. The topological polar surface area (TPSA) is 66.9 Å². The van der Waals surface area contributed by atoms with Gasteiger partial charge < -0.3 is 10.6 Å². The van der Waals surface area contributed by atoms with Crippen molar-refractivity contribution in [3.63, 3.8) is 0 Å². The summed E-state index contributed by atoms with van der Waals surface area (Å²) in [6, 6.07) is 4.51. The molecule has 2 aromatic rings. The molecule has 5 nitrogen and oxygen atoms in total. The highest BCUT2D eigenvalue weighted by Crippen LogP contribution is 2.17. The van der Waals surface area contributed by atoms with Gasteiger partial charge in [-0.2, -0.15) is 0 Å². The molecule has 0 saturated carbocycles. The highest BCUT2D eigenvalue weighted by molar-refractivity contribution is 5.76. The molecule has 0 spiro atoms. The third-order valence-corrected chi connectivity index (χ3v) is 3.24. The van der Waals surface area contributed by atoms with Crippen LogP contribution >= 0.6 is 0 Å². The van der Waals surface area contributed by atoms with E-state index in [-0.39, 0.29) is 17.9 Å². The molecule has 1 aromatic heterocycles. The Morgan fingerprint density at radius 3 is 2.70 bits per heavy atom. The van der Waals surface area contributed by atoms with E-state index >= 15 is 0 Å². The van der Waals surface area contributed by atoms with Gasteiger partial charge in [-0.3, -0.25) is 4.79 Å². The fourth-order valence-corrected chi connectivity index (χ4v) is 2.08. The van der Waals surface area contributed by atoms with Crippen LogP contribution in [0, 0.1) is 11.6 Å². The van der Waals surface area contributed by atoms with E-state index in [1.807, 2.05) is 0 Å². The number of carbonyl (C=O) groups is 1. The number of rotatable bonds is 7. The van der Waals surface area contributed by atoms with Crippen molar-refractivity contribution in [2.45, 2.75) is 25.8 Å². The molecule has 1 amide bonds. The first-order chi connectivity index (χ1) is 11.1. The van der Waals surface area contributed by atoms with Crippen molar-refractivity contribution in [3.05, 3.63) is 53.9 Å². The monoisotopic (exact) mass is 320 g/mol. The zero-order valence-electron chi connectivity index (χ0n) is 12.7. The minimum atomic E-state index is -0.666. The number of aromatic nitrogens is 2. The van der Waals surface area contributed by atoms with Crippen molar-refractivity contribution in [3.8, 4) is 0 Å². The third-order valence-electron chi connectivity index (χ3n) is 3.24. The van der Waals surface area contributed by atoms with E-state index in [2.05, 4.69) is 20.6 Å². The molecule has 0 radical (unpaired) electrons. The number of halogens is 2. The fourth-order valence-electron chi connectivity index (χ4n) is 2.08. The number of nitrogens with zero attached hydrogens (tertiary/aromatic N) is 2. The summed E-state index contributed by atoms with van der Waals surface area (Å²) in [6.07, 6.45) is 4.12. The lowest BCUT2D eigenvalue weighted by molar-refractivity contribution is -0.121. The molecule has 0 aliphatic carbocycles. The summed E-state index contributed by atoms with van der Waals surface area (Å²) < 4.78 is 26.5. The van der Waals surface area contributed by atoms with Gasteiger partial charge in [-0.15, -0.1) is 0 Å². The molecule has 1 heterocycles. The van der Waals surface area contributed by atoms with E-state index in [9.17, 15) is 13.6 Å². The molecule has 0 fully saturated rings. The van der Waals surface area contributed by atoms with Gasteiger partial charge in [0.2, 0.25) is 11.9 Å². The first-order valence-corrected chi connectivity index (χ1v) is 7.31. The number of benzene rings is 1. The molecule has 0 aliphatic heterocycles. The Morgan fingerprint density at radius 2 is 2.00 bits per heavy atom. The minimum absolute atomic E-state index is 0.197. The molecule has 23 heavy (non-hydrogen) atoms. The summed E-state index contributed by atoms with van der Waals surface area (Å²) in [5.74, 6) is -0.994. The lowest BCUT2D eigenvalue weighted by atomic mass is 10.1. The van der Waals surface area contributed by atoms with E-state index in [1.165, 1.54) is 12.1 Å². The van der Waals surface area contributed by atoms with Crippen LogP contribution in [0.5, 0.6) is 0 Å². The molecule has 7 heteroatoms. The van der Waals surface area contributed by atoms with Gasteiger partial charge in [0.15, 0.2) is 0 Å². The van der Waals surface area contributed by atoms with Gasteiger partial charge in [0, 0.05) is 37.0 Å². The largest absolute Gasteiger partial charge is 0.354 e. The zero-order valence-corrected chi connectivity index (χ0v) is 12.7. The Kier molecular flexibility index (Phi) is 5.96. The van der Waals surface area contributed by atoms with Crippen LogP contribution in [0.4, 0.5) is 14.7 Å². The lowest BCUT2D eigenvalue weighted by Gasteiger charge is -2.15. The van der Waals surface area contributed by atoms with Crippen LogP contribution in [-0.4, -0.2) is 22.4 Å². The minimum Gasteiger partial charge on any atom is -0.354 e. The van der Waals surface area contributed by atoms with Crippen molar-refractivity contribution in [2.75, 3.05) is 11.9 Å². The van der Waals surface area contributed by atoms with Gasteiger partial charge in [-0.25, -0.2) is 18.7 Å². The smallest absolute Gasteiger partial charge is 0.222 e. The summed E-state index contributed by atoms with van der Waals surface area (Å²) >= 11 is 0. The standard InChI is InChI=1S/C16H18F2N4O/c1-11(13-6-5-12(17)10-14(13)18)22-15(23)4-2-7-19-16-20-8-3-9-21-16/h3,5-6,8-11H,2,4,7H2,1H3,(H,22,23)(H,19,20,21)/t11-/m1/s1. The molecule has 0 unspecified atom stereocenters. The quantitative estimate of drug-likeness (QED) is 0.770. The number of hydrogen-bond donors (Lipinski definition) is 2. The fraction of sp³-hybridized carbons (Fsp3) is 0.312.